The Bertz CT molecular complexity index is 979. The fourth-order valence-corrected chi connectivity index (χ4v) is 5.29. The van der Waals surface area contributed by atoms with E-state index in [-0.39, 0.29) is 22.9 Å². The highest BCUT2D eigenvalue weighted by molar-refractivity contribution is 7.92. The molecule has 1 aromatic rings. The van der Waals surface area contributed by atoms with Crippen LogP contribution in [0.1, 0.15) is 41.0 Å². The highest BCUT2D eigenvalue weighted by Crippen LogP contribution is 2.32. The molecule has 1 N–H and O–H groups in total. The molecule has 2 rings (SSSR count). The average Bonchev–Trinajstić information content (AvgIpc) is 3.07. The minimum atomic E-state index is -3.92. The lowest BCUT2D eigenvalue weighted by Crippen LogP contribution is -2.52. The quantitative estimate of drug-likeness (QED) is 0.745. The van der Waals surface area contributed by atoms with Crippen LogP contribution in [-0.4, -0.2) is 54.3 Å². The second kappa shape index (κ2) is 8.44. The molecule has 2 atom stereocenters. The highest BCUT2D eigenvalue weighted by atomic mass is 35.5. The number of likely N-dealkylation sites (tertiary alicyclic amines) is 1. The number of sulfone groups is 1. The predicted octanol–water partition coefficient (Wildman–Crippen LogP) is 2.91. The number of hydrogen-bond donors (Lipinski definition) is 1. The van der Waals surface area contributed by atoms with Gasteiger partial charge in [0, 0.05) is 6.54 Å². The first-order valence-corrected chi connectivity index (χ1v) is 11.3. The van der Waals surface area contributed by atoms with E-state index in [9.17, 15) is 23.3 Å². The molecule has 1 heterocycles. The molecule has 2 amide bonds. The lowest BCUT2D eigenvalue weighted by Gasteiger charge is -2.29. The Morgan fingerprint density at radius 3 is 2.37 bits per heavy atom. The smallest absolute Gasteiger partial charge is 0.411 e. The Hall–Kier alpha value is -2.31. The molecule has 164 valence electrons. The van der Waals surface area contributed by atoms with Gasteiger partial charge < -0.3 is 10.1 Å². The molecule has 0 bridgehead atoms. The van der Waals surface area contributed by atoms with Gasteiger partial charge in [-0.05, 0) is 53.2 Å². The van der Waals surface area contributed by atoms with Crippen molar-refractivity contribution in [2.45, 2.75) is 68.4 Å². The minimum absolute atomic E-state index is 0.0563. The summed E-state index contributed by atoms with van der Waals surface area (Å²) in [5.41, 5.74) is -2.01. The van der Waals surface area contributed by atoms with E-state index in [4.69, 9.17) is 16.3 Å². The van der Waals surface area contributed by atoms with Crippen LogP contribution in [0.25, 0.3) is 0 Å². The number of nitrogens with zero attached hydrogens (tertiary/aromatic N) is 2. The van der Waals surface area contributed by atoms with Crippen molar-refractivity contribution in [2.24, 2.45) is 0 Å². The topological polar surface area (TPSA) is 117 Å². The van der Waals surface area contributed by atoms with Crippen LogP contribution in [0, 0.1) is 11.3 Å². The summed E-state index contributed by atoms with van der Waals surface area (Å²) in [6.07, 6.45) is -0.936. The molecule has 0 aliphatic carbocycles. The number of carbonyl (C=O) groups excluding carboxylic acids is 2. The van der Waals surface area contributed by atoms with Crippen molar-refractivity contribution >= 4 is 33.4 Å². The molecule has 8 nitrogen and oxygen atoms in total. The fraction of sp³-hybridized carbons (Fsp3) is 0.550. The molecular formula is C20H26ClN3O5S. The maximum absolute atomic E-state index is 13.2. The zero-order chi connectivity index (χ0) is 22.9. The third-order valence-corrected chi connectivity index (χ3v) is 7.12. The van der Waals surface area contributed by atoms with Gasteiger partial charge in [-0.3, -0.25) is 9.69 Å². The van der Waals surface area contributed by atoms with Crippen LogP contribution < -0.4 is 5.32 Å². The molecular weight excluding hydrogens is 430 g/mol. The van der Waals surface area contributed by atoms with E-state index in [2.05, 4.69) is 5.32 Å². The summed E-state index contributed by atoms with van der Waals surface area (Å²) in [6.45, 7) is 7.81. The van der Waals surface area contributed by atoms with E-state index < -0.39 is 44.3 Å². The molecule has 0 radical (unpaired) electrons. The van der Waals surface area contributed by atoms with E-state index in [1.165, 1.54) is 26.0 Å². The maximum atomic E-state index is 13.2. The Kier molecular flexibility index (Phi) is 6.74. The number of amides is 2. The standard InChI is InChI=1S/C20H26ClN3O5S/c1-19(2,3)29-18(26)24-11-13(10-15(24)17(25)23-20(4,5)12-22)30(27,28)16-9-7-6-8-14(16)21/h6-9,13,15H,10-11H2,1-5H3,(H,23,25). The first-order chi connectivity index (χ1) is 13.7. The summed E-state index contributed by atoms with van der Waals surface area (Å²) in [5, 5.41) is 10.8. The van der Waals surface area contributed by atoms with Crippen LogP contribution in [-0.2, 0) is 19.4 Å². The lowest BCUT2D eigenvalue weighted by molar-refractivity contribution is -0.126. The van der Waals surface area contributed by atoms with Crippen LogP contribution in [0.15, 0.2) is 29.2 Å². The number of benzene rings is 1. The largest absolute Gasteiger partial charge is 0.444 e. The van der Waals surface area contributed by atoms with Crippen molar-refractivity contribution in [1.82, 2.24) is 10.2 Å². The fourth-order valence-electron chi connectivity index (χ4n) is 3.07. The van der Waals surface area contributed by atoms with Crippen LogP contribution in [0.4, 0.5) is 4.79 Å². The number of nitrogens with one attached hydrogen (secondary N) is 1. The summed E-state index contributed by atoms with van der Waals surface area (Å²) in [6, 6.07) is 6.87. The van der Waals surface area contributed by atoms with Crippen molar-refractivity contribution in [3.8, 4) is 6.07 Å². The normalized spacial score (nSPS) is 19.8. The highest BCUT2D eigenvalue weighted by Gasteiger charge is 2.47. The van der Waals surface area contributed by atoms with Gasteiger partial charge in [-0.2, -0.15) is 5.26 Å². The van der Waals surface area contributed by atoms with Crippen molar-refractivity contribution in [3.63, 3.8) is 0 Å². The zero-order valence-electron chi connectivity index (χ0n) is 17.6. The Balaban J connectivity index is 2.39. The van der Waals surface area contributed by atoms with Crippen molar-refractivity contribution in [1.29, 1.82) is 5.26 Å². The Labute approximate surface area is 182 Å². The van der Waals surface area contributed by atoms with Gasteiger partial charge in [0.2, 0.25) is 5.91 Å². The van der Waals surface area contributed by atoms with E-state index in [0.29, 0.717) is 0 Å². The van der Waals surface area contributed by atoms with Gasteiger partial charge in [-0.15, -0.1) is 0 Å². The van der Waals surface area contributed by atoms with Crippen LogP contribution in [0.5, 0.6) is 0 Å². The first kappa shape index (κ1) is 24.0. The maximum Gasteiger partial charge on any atom is 0.411 e. The van der Waals surface area contributed by atoms with Gasteiger partial charge in [0.15, 0.2) is 9.84 Å². The van der Waals surface area contributed by atoms with Crippen LogP contribution in [0.3, 0.4) is 0 Å². The molecule has 10 heteroatoms. The Morgan fingerprint density at radius 2 is 1.83 bits per heavy atom. The van der Waals surface area contributed by atoms with Gasteiger partial charge in [0.1, 0.15) is 17.2 Å². The molecule has 1 fully saturated rings. The zero-order valence-corrected chi connectivity index (χ0v) is 19.2. The Morgan fingerprint density at radius 1 is 1.23 bits per heavy atom. The monoisotopic (exact) mass is 455 g/mol. The molecule has 0 spiro atoms. The number of halogens is 1. The van der Waals surface area contributed by atoms with Crippen molar-refractivity contribution in [2.75, 3.05) is 6.54 Å². The van der Waals surface area contributed by atoms with E-state index >= 15 is 0 Å². The molecule has 1 aliphatic heterocycles. The SMILES string of the molecule is CC(C)(C#N)NC(=O)C1CC(S(=O)(=O)c2ccccc2Cl)CN1C(=O)OC(C)(C)C. The summed E-state index contributed by atoms with van der Waals surface area (Å²) >= 11 is 6.08. The number of hydrogen-bond acceptors (Lipinski definition) is 6. The number of carbonyl (C=O) groups is 2. The van der Waals surface area contributed by atoms with Crippen LogP contribution in [0.2, 0.25) is 5.02 Å². The number of ether oxygens (including phenoxy) is 1. The summed E-state index contributed by atoms with van der Waals surface area (Å²) < 4.78 is 31.7. The summed E-state index contributed by atoms with van der Waals surface area (Å²) in [4.78, 5) is 26.6. The lowest BCUT2D eigenvalue weighted by atomic mass is 10.1. The predicted molar refractivity (Wildman–Crippen MR) is 112 cm³/mol. The molecule has 1 saturated heterocycles. The van der Waals surface area contributed by atoms with Gasteiger partial charge in [0.05, 0.1) is 21.2 Å². The number of rotatable bonds is 4. The molecule has 2 unspecified atom stereocenters. The third kappa shape index (κ3) is 5.43. The van der Waals surface area contributed by atoms with Crippen LogP contribution >= 0.6 is 11.6 Å². The van der Waals surface area contributed by atoms with Gasteiger partial charge in [-0.25, -0.2) is 13.2 Å². The summed E-state index contributed by atoms with van der Waals surface area (Å²) in [5.74, 6) is -0.621. The van der Waals surface area contributed by atoms with E-state index in [0.717, 1.165) is 4.90 Å². The number of nitriles is 1. The molecule has 0 aromatic heterocycles. The second-order valence-electron chi connectivity index (χ2n) is 8.71. The van der Waals surface area contributed by atoms with E-state index in [1.54, 1.807) is 32.9 Å². The van der Waals surface area contributed by atoms with Gasteiger partial charge in [-0.1, -0.05) is 23.7 Å². The molecule has 1 aromatic carbocycles. The first-order valence-electron chi connectivity index (χ1n) is 9.39. The van der Waals surface area contributed by atoms with Crippen molar-refractivity contribution in [3.05, 3.63) is 29.3 Å². The molecule has 0 saturated carbocycles. The van der Waals surface area contributed by atoms with Gasteiger partial charge in [0.25, 0.3) is 0 Å². The summed E-state index contributed by atoms with van der Waals surface area (Å²) in [7, 11) is -3.92. The molecule has 30 heavy (non-hydrogen) atoms. The third-order valence-electron chi connectivity index (χ3n) is 4.49. The van der Waals surface area contributed by atoms with Crippen molar-refractivity contribution < 1.29 is 22.7 Å². The van der Waals surface area contributed by atoms with E-state index in [1.807, 2.05) is 6.07 Å². The van der Waals surface area contributed by atoms with Gasteiger partial charge >= 0.3 is 6.09 Å². The minimum Gasteiger partial charge on any atom is -0.444 e. The average molecular weight is 456 g/mol. The molecule has 1 aliphatic rings. The second-order valence-corrected chi connectivity index (χ2v) is 11.3.